The number of hydrogen-bond acceptors (Lipinski definition) is 3. The third-order valence-electron chi connectivity index (χ3n) is 7.70. The second-order valence-electron chi connectivity index (χ2n) is 9.81. The van der Waals surface area contributed by atoms with Crippen LogP contribution in [0.2, 0.25) is 0 Å². The third-order valence-corrected chi connectivity index (χ3v) is 8.73. The minimum absolute atomic E-state index is 0.0635. The normalized spacial score (nSPS) is 50.1. The first-order chi connectivity index (χ1) is 13.8. The lowest BCUT2D eigenvalue weighted by molar-refractivity contribution is -0.129. The Morgan fingerprint density at radius 2 is 1.69 bits per heavy atom. The summed E-state index contributed by atoms with van der Waals surface area (Å²) in [6.45, 7) is 4.55. The van der Waals surface area contributed by atoms with Gasteiger partial charge in [0.25, 0.3) is 0 Å². The molecule has 166 valence electrons. The summed E-state index contributed by atoms with van der Waals surface area (Å²) in [4.78, 5) is 13.0. The summed E-state index contributed by atoms with van der Waals surface area (Å²) in [5.74, 6) is 0.244. The van der Waals surface area contributed by atoms with Crippen molar-refractivity contribution in [3.63, 3.8) is 0 Å². The molecule has 2 heterocycles. The summed E-state index contributed by atoms with van der Waals surface area (Å²) in [6, 6.07) is -0.0648. The van der Waals surface area contributed by atoms with Crippen LogP contribution in [0.5, 0.6) is 0 Å². The van der Waals surface area contributed by atoms with Gasteiger partial charge in [0.2, 0.25) is 5.91 Å². The summed E-state index contributed by atoms with van der Waals surface area (Å²) in [5.41, 5.74) is 0. The largest absolute Gasteiger partial charge is 0.354 e. The van der Waals surface area contributed by atoms with E-state index in [0.717, 1.165) is 25.7 Å². The Morgan fingerprint density at radius 1 is 1.00 bits per heavy atom. The van der Waals surface area contributed by atoms with Gasteiger partial charge < -0.3 is 16.0 Å². The zero-order valence-electron chi connectivity index (χ0n) is 17.1. The van der Waals surface area contributed by atoms with E-state index in [4.69, 9.17) is 0 Å². The van der Waals surface area contributed by atoms with Crippen molar-refractivity contribution in [2.45, 2.75) is 93.5 Å². The predicted octanol–water partition coefficient (Wildman–Crippen LogP) is 3.04. The average Bonchev–Trinajstić information content (AvgIpc) is 3.08. The Balaban J connectivity index is 1.43. The van der Waals surface area contributed by atoms with Gasteiger partial charge in [-0.3, -0.25) is 4.79 Å². The molecule has 2 aliphatic heterocycles. The molecule has 0 aromatic rings. The van der Waals surface area contributed by atoms with E-state index in [2.05, 4.69) is 31.9 Å². The van der Waals surface area contributed by atoms with E-state index >= 15 is 0 Å². The summed E-state index contributed by atoms with van der Waals surface area (Å²) < 4.78 is 42.2. The first kappa shape index (κ1) is 21.9. The molecule has 11 unspecified atom stereocenters. The van der Waals surface area contributed by atoms with Crippen molar-refractivity contribution >= 4 is 21.8 Å². The molecule has 4 fully saturated rings. The molecule has 3 N–H and O–H groups in total. The minimum Gasteiger partial charge on any atom is -0.354 e. The number of alkyl halides is 4. The second-order valence-corrected chi connectivity index (χ2v) is 11.0. The van der Waals surface area contributed by atoms with Crippen LogP contribution in [0.15, 0.2) is 0 Å². The highest BCUT2D eigenvalue weighted by atomic mass is 79.9. The van der Waals surface area contributed by atoms with Gasteiger partial charge in [-0.15, -0.1) is 0 Å². The van der Waals surface area contributed by atoms with Crippen molar-refractivity contribution in [3.05, 3.63) is 0 Å². The fourth-order valence-electron chi connectivity index (χ4n) is 6.39. The summed E-state index contributed by atoms with van der Waals surface area (Å²) in [6.07, 6.45) is -1.67. The monoisotopic (exact) mass is 479 g/mol. The molecule has 2 saturated heterocycles. The topological polar surface area (TPSA) is 53.2 Å². The molecule has 4 aliphatic rings. The van der Waals surface area contributed by atoms with E-state index in [-0.39, 0.29) is 59.0 Å². The van der Waals surface area contributed by atoms with Gasteiger partial charge in [0.15, 0.2) is 6.17 Å². The van der Waals surface area contributed by atoms with Gasteiger partial charge in [-0.1, -0.05) is 15.9 Å². The molecule has 2 aliphatic carbocycles. The molecule has 1 amide bonds. The second kappa shape index (κ2) is 8.65. The highest BCUT2D eigenvalue weighted by Gasteiger charge is 2.54. The first-order valence-electron chi connectivity index (χ1n) is 11.1. The Morgan fingerprint density at radius 3 is 2.41 bits per heavy atom. The van der Waals surface area contributed by atoms with Crippen LogP contribution in [0.25, 0.3) is 0 Å². The summed E-state index contributed by atoms with van der Waals surface area (Å²) >= 11 is 3.74. The van der Waals surface area contributed by atoms with Crippen molar-refractivity contribution in [1.82, 2.24) is 16.0 Å². The number of hydrogen-bond donors (Lipinski definition) is 3. The fourth-order valence-corrected chi connectivity index (χ4v) is 7.28. The van der Waals surface area contributed by atoms with Crippen LogP contribution < -0.4 is 16.0 Å². The van der Waals surface area contributed by atoms with Crippen molar-refractivity contribution in [1.29, 1.82) is 0 Å². The molecule has 0 radical (unpaired) electrons. The zero-order chi connectivity index (χ0) is 20.9. The first-order valence-corrected chi connectivity index (χ1v) is 12.1. The number of carbonyl (C=O) groups is 1. The number of amides is 1. The van der Waals surface area contributed by atoms with Gasteiger partial charge in [-0.2, -0.15) is 0 Å². The smallest absolute Gasteiger partial charge is 0.224 e. The lowest BCUT2D eigenvalue weighted by Crippen LogP contribution is -2.59. The maximum absolute atomic E-state index is 14.3. The molecule has 29 heavy (non-hydrogen) atoms. The molecule has 0 aromatic heterocycles. The number of halogens is 4. The summed E-state index contributed by atoms with van der Waals surface area (Å²) in [5, 5.41) is 9.96. The van der Waals surface area contributed by atoms with Gasteiger partial charge >= 0.3 is 0 Å². The molecule has 0 spiro atoms. The molecule has 0 aromatic carbocycles. The molecule has 4 rings (SSSR count). The maximum Gasteiger partial charge on any atom is 0.224 e. The van der Waals surface area contributed by atoms with E-state index in [0.29, 0.717) is 6.54 Å². The predicted molar refractivity (Wildman–Crippen MR) is 110 cm³/mol. The molecule has 2 saturated carbocycles. The van der Waals surface area contributed by atoms with E-state index < -0.39 is 24.6 Å². The maximum atomic E-state index is 14.3. The van der Waals surface area contributed by atoms with Crippen LogP contribution in [0, 0.1) is 23.7 Å². The van der Waals surface area contributed by atoms with E-state index in [9.17, 15) is 18.0 Å². The number of piperidine rings is 1. The lowest BCUT2D eigenvalue weighted by Gasteiger charge is -2.48. The van der Waals surface area contributed by atoms with E-state index in [1.807, 2.05) is 13.8 Å². The van der Waals surface area contributed by atoms with Crippen molar-refractivity contribution in [3.8, 4) is 0 Å². The third kappa shape index (κ3) is 4.10. The van der Waals surface area contributed by atoms with Crippen LogP contribution in [-0.4, -0.2) is 60.0 Å². The molecule has 4 nitrogen and oxygen atoms in total. The zero-order valence-corrected chi connectivity index (χ0v) is 18.7. The Kier molecular flexibility index (Phi) is 6.53. The molecular formula is C21H33BrF3N3O. The van der Waals surface area contributed by atoms with Gasteiger partial charge in [0.05, 0.1) is 5.92 Å². The number of fused-ring (bicyclic) bond motifs is 2. The minimum atomic E-state index is -2.01. The average molecular weight is 480 g/mol. The Labute approximate surface area is 179 Å². The highest BCUT2D eigenvalue weighted by molar-refractivity contribution is 9.09. The Bertz CT molecular complexity index is 612. The van der Waals surface area contributed by atoms with Gasteiger partial charge in [0.1, 0.15) is 12.3 Å². The Hall–Kier alpha value is -0.340. The van der Waals surface area contributed by atoms with Crippen LogP contribution >= 0.6 is 15.9 Å². The van der Waals surface area contributed by atoms with Crippen LogP contribution in [-0.2, 0) is 4.79 Å². The van der Waals surface area contributed by atoms with Crippen molar-refractivity contribution in [2.75, 3.05) is 6.54 Å². The van der Waals surface area contributed by atoms with E-state index in [1.165, 1.54) is 0 Å². The quantitative estimate of drug-likeness (QED) is 0.545. The molecule has 11 atom stereocenters. The number of carbonyl (C=O) groups excluding carboxylic acids is 1. The van der Waals surface area contributed by atoms with Crippen molar-refractivity contribution in [2.24, 2.45) is 23.7 Å². The molecular weight excluding hydrogens is 447 g/mol. The van der Waals surface area contributed by atoms with Gasteiger partial charge in [-0.05, 0) is 63.7 Å². The van der Waals surface area contributed by atoms with Crippen LogP contribution in [0.4, 0.5) is 13.2 Å². The SMILES string of the molecule is CC(C)NC(=O)C1C(Br)CCC2NC(C3CNC4C(F)C(F)C(F)CC34)CCC21. The van der Waals surface area contributed by atoms with Gasteiger partial charge in [-0.25, -0.2) is 13.2 Å². The standard InChI is InChI=1S/C21H33BrF3N3O/c1-9(2)27-21(29)17-10-3-5-16(28-15(10)6-4-13(17)22)12-8-26-20-11(12)7-14(23)18(24)19(20)25/h9-20,26,28H,3-8H2,1-2H3,(H,27,29). The summed E-state index contributed by atoms with van der Waals surface area (Å²) in [7, 11) is 0. The number of rotatable bonds is 3. The molecule has 8 heteroatoms. The van der Waals surface area contributed by atoms with Crippen LogP contribution in [0.1, 0.15) is 46.0 Å². The lowest BCUT2D eigenvalue weighted by atomic mass is 9.67. The highest BCUT2D eigenvalue weighted by Crippen LogP contribution is 2.45. The molecule has 0 bridgehead atoms. The van der Waals surface area contributed by atoms with Crippen LogP contribution in [0.3, 0.4) is 0 Å². The fraction of sp³-hybridized carbons (Fsp3) is 0.952. The van der Waals surface area contributed by atoms with Gasteiger partial charge in [0, 0.05) is 35.5 Å². The number of nitrogens with one attached hydrogen (secondary N) is 3. The van der Waals surface area contributed by atoms with Crippen molar-refractivity contribution < 1.29 is 18.0 Å². The van der Waals surface area contributed by atoms with E-state index in [1.54, 1.807) is 0 Å².